The van der Waals surface area contributed by atoms with E-state index in [1.807, 2.05) is 18.2 Å². The fourth-order valence-corrected chi connectivity index (χ4v) is 3.69. The molecule has 154 valence electrons. The molecular weight excluding hydrogens is 366 g/mol. The molecule has 2 aromatic rings. The maximum Gasteiger partial charge on any atom is 0.255 e. The third-order valence-corrected chi connectivity index (χ3v) is 5.21. The number of nitrogens with zero attached hydrogens (tertiary/aromatic N) is 1. The normalized spacial score (nSPS) is 14.8. The van der Waals surface area contributed by atoms with Crippen molar-refractivity contribution in [2.45, 2.75) is 45.7 Å². The number of hydrogen-bond donors (Lipinski definition) is 3. The molecule has 0 bridgehead atoms. The Morgan fingerprint density at radius 3 is 2.38 bits per heavy atom. The van der Waals surface area contributed by atoms with Crippen molar-refractivity contribution in [1.82, 2.24) is 10.2 Å². The van der Waals surface area contributed by atoms with Crippen LogP contribution in [0.15, 0.2) is 42.5 Å². The number of nitrogens with one attached hydrogen (secondary N) is 2. The van der Waals surface area contributed by atoms with E-state index >= 15 is 0 Å². The number of phenols is 1. The maximum absolute atomic E-state index is 12.6. The van der Waals surface area contributed by atoms with Gasteiger partial charge in [-0.15, -0.1) is 0 Å². The van der Waals surface area contributed by atoms with Gasteiger partial charge in [0.25, 0.3) is 5.91 Å². The topological polar surface area (TPSA) is 81.7 Å². The first-order chi connectivity index (χ1) is 14.0. The largest absolute Gasteiger partial charge is 0.507 e. The van der Waals surface area contributed by atoms with Crippen molar-refractivity contribution >= 4 is 17.5 Å². The minimum Gasteiger partial charge on any atom is -0.507 e. The first-order valence-electron chi connectivity index (χ1n) is 10.2. The highest BCUT2D eigenvalue weighted by Gasteiger charge is 2.15. The third-order valence-electron chi connectivity index (χ3n) is 5.21. The Morgan fingerprint density at radius 2 is 1.69 bits per heavy atom. The first kappa shape index (κ1) is 20.9. The SMILES string of the molecule is CC(=O)Nc1ccc(O)c(C(=O)NCc2ccccc2CN2CCCCCC2)c1. The summed E-state index contributed by atoms with van der Waals surface area (Å²) >= 11 is 0. The minimum absolute atomic E-state index is 0.116. The molecule has 6 nitrogen and oxygen atoms in total. The fraction of sp³-hybridized carbons (Fsp3) is 0.391. The molecule has 2 aromatic carbocycles. The van der Waals surface area contributed by atoms with Crippen LogP contribution in [0.3, 0.4) is 0 Å². The van der Waals surface area contributed by atoms with Crippen LogP contribution in [0.5, 0.6) is 5.75 Å². The molecule has 1 fully saturated rings. The van der Waals surface area contributed by atoms with Gasteiger partial charge in [0.15, 0.2) is 0 Å². The van der Waals surface area contributed by atoms with Gasteiger partial charge in [-0.3, -0.25) is 14.5 Å². The highest BCUT2D eigenvalue weighted by atomic mass is 16.3. The highest BCUT2D eigenvalue weighted by molar-refractivity contribution is 5.99. The Kier molecular flexibility index (Phi) is 7.25. The number of carbonyl (C=O) groups excluding carboxylic acids is 2. The minimum atomic E-state index is -0.376. The zero-order chi connectivity index (χ0) is 20.6. The predicted molar refractivity (Wildman–Crippen MR) is 114 cm³/mol. The van der Waals surface area contributed by atoms with Gasteiger partial charge >= 0.3 is 0 Å². The van der Waals surface area contributed by atoms with Crippen molar-refractivity contribution in [1.29, 1.82) is 0 Å². The summed E-state index contributed by atoms with van der Waals surface area (Å²) in [5, 5.41) is 15.6. The zero-order valence-corrected chi connectivity index (χ0v) is 16.9. The van der Waals surface area contributed by atoms with Crippen molar-refractivity contribution in [2.24, 2.45) is 0 Å². The average molecular weight is 396 g/mol. The number of phenolic OH excluding ortho intramolecular Hbond substituents is 1. The van der Waals surface area contributed by atoms with Crippen molar-refractivity contribution in [3.63, 3.8) is 0 Å². The molecule has 0 spiro atoms. The van der Waals surface area contributed by atoms with E-state index in [0.29, 0.717) is 12.2 Å². The summed E-state index contributed by atoms with van der Waals surface area (Å²) in [7, 11) is 0. The summed E-state index contributed by atoms with van der Waals surface area (Å²) in [5.41, 5.74) is 2.90. The van der Waals surface area contributed by atoms with Gasteiger partial charge < -0.3 is 15.7 Å². The lowest BCUT2D eigenvalue weighted by Crippen LogP contribution is -2.27. The van der Waals surface area contributed by atoms with E-state index < -0.39 is 0 Å². The Morgan fingerprint density at radius 1 is 1.00 bits per heavy atom. The zero-order valence-electron chi connectivity index (χ0n) is 16.9. The molecule has 0 atom stereocenters. The van der Waals surface area contributed by atoms with Crippen LogP contribution in [0.4, 0.5) is 5.69 Å². The van der Waals surface area contributed by atoms with Gasteiger partial charge in [0.1, 0.15) is 5.75 Å². The number of anilines is 1. The predicted octanol–water partition coefficient (Wildman–Crippen LogP) is 3.66. The van der Waals surface area contributed by atoms with E-state index in [-0.39, 0.29) is 23.1 Å². The number of likely N-dealkylation sites (tertiary alicyclic amines) is 1. The lowest BCUT2D eigenvalue weighted by molar-refractivity contribution is -0.114. The van der Waals surface area contributed by atoms with E-state index in [1.165, 1.54) is 50.3 Å². The van der Waals surface area contributed by atoms with Crippen LogP contribution in [0.1, 0.15) is 54.1 Å². The highest BCUT2D eigenvalue weighted by Crippen LogP contribution is 2.22. The number of aromatic hydroxyl groups is 1. The molecule has 29 heavy (non-hydrogen) atoms. The molecule has 3 rings (SSSR count). The van der Waals surface area contributed by atoms with Gasteiger partial charge in [-0.05, 0) is 55.3 Å². The molecule has 1 aliphatic heterocycles. The van der Waals surface area contributed by atoms with Crippen LogP contribution >= 0.6 is 0 Å². The van der Waals surface area contributed by atoms with Gasteiger partial charge in [-0.25, -0.2) is 0 Å². The van der Waals surface area contributed by atoms with Gasteiger partial charge in [-0.1, -0.05) is 37.1 Å². The number of amides is 2. The summed E-state index contributed by atoms with van der Waals surface area (Å²) in [6.07, 6.45) is 5.08. The summed E-state index contributed by atoms with van der Waals surface area (Å²) in [4.78, 5) is 26.3. The van der Waals surface area contributed by atoms with Gasteiger partial charge in [-0.2, -0.15) is 0 Å². The maximum atomic E-state index is 12.6. The Hall–Kier alpha value is -2.86. The molecule has 1 saturated heterocycles. The summed E-state index contributed by atoms with van der Waals surface area (Å²) < 4.78 is 0. The second-order valence-corrected chi connectivity index (χ2v) is 7.55. The van der Waals surface area contributed by atoms with Gasteiger partial charge in [0.05, 0.1) is 5.56 Å². The molecule has 1 heterocycles. The van der Waals surface area contributed by atoms with E-state index in [1.54, 1.807) is 6.07 Å². The number of rotatable bonds is 6. The lowest BCUT2D eigenvalue weighted by Gasteiger charge is -2.21. The molecule has 0 saturated carbocycles. The molecule has 3 N–H and O–H groups in total. The third kappa shape index (κ3) is 6.06. The smallest absolute Gasteiger partial charge is 0.255 e. The van der Waals surface area contributed by atoms with Crippen LogP contribution < -0.4 is 10.6 Å². The molecular formula is C23H29N3O3. The summed E-state index contributed by atoms with van der Waals surface area (Å²) in [6.45, 7) is 4.89. The van der Waals surface area contributed by atoms with Gasteiger partial charge in [0.2, 0.25) is 5.91 Å². The number of carbonyl (C=O) groups is 2. The summed E-state index contributed by atoms with van der Waals surface area (Å²) in [6, 6.07) is 12.6. The van der Waals surface area contributed by atoms with Crippen molar-refractivity contribution in [2.75, 3.05) is 18.4 Å². The second-order valence-electron chi connectivity index (χ2n) is 7.55. The lowest BCUT2D eigenvalue weighted by atomic mass is 10.1. The molecule has 0 aliphatic carbocycles. The summed E-state index contributed by atoms with van der Waals surface area (Å²) in [5.74, 6) is -0.724. The molecule has 2 amide bonds. The molecule has 1 aliphatic rings. The first-order valence-corrected chi connectivity index (χ1v) is 10.2. The Labute approximate surface area is 171 Å². The van der Waals surface area contributed by atoms with Crippen molar-refractivity contribution in [3.8, 4) is 5.75 Å². The molecule has 0 unspecified atom stereocenters. The number of hydrogen-bond acceptors (Lipinski definition) is 4. The quantitative estimate of drug-likeness (QED) is 0.652. The Balaban J connectivity index is 1.67. The standard InChI is InChI=1S/C23H29N3O3/c1-17(27)25-20-10-11-22(28)21(14-20)23(29)24-15-18-8-4-5-9-19(18)16-26-12-6-2-3-7-13-26/h4-5,8-11,14,28H,2-3,6-7,12-13,15-16H2,1H3,(H,24,29)(H,25,27). The Bertz CT molecular complexity index is 858. The van der Waals surface area contributed by atoms with Gasteiger partial charge in [0, 0.05) is 25.7 Å². The van der Waals surface area contributed by atoms with Crippen LogP contribution in [0.2, 0.25) is 0 Å². The molecule has 0 aromatic heterocycles. The van der Waals surface area contributed by atoms with E-state index in [9.17, 15) is 14.7 Å². The van der Waals surface area contributed by atoms with Crippen molar-refractivity contribution < 1.29 is 14.7 Å². The van der Waals surface area contributed by atoms with Crippen LogP contribution in [0, 0.1) is 0 Å². The van der Waals surface area contributed by atoms with E-state index in [4.69, 9.17) is 0 Å². The van der Waals surface area contributed by atoms with E-state index in [0.717, 1.165) is 25.2 Å². The average Bonchev–Trinajstić information content (AvgIpc) is 2.97. The van der Waals surface area contributed by atoms with Crippen LogP contribution in [-0.2, 0) is 17.9 Å². The second kappa shape index (κ2) is 10.1. The van der Waals surface area contributed by atoms with E-state index in [2.05, 4.69) is 21.6 Å². The molecule has 6 heteroatoms. The fourth-order valence-electron chi connectivity index (χ4n) is 3.69. The van der Waals surface area contributed by atoms with Crippen LogP contribution in [0.25, 0.3) is 0 Å². The van der Waals surface area contributed by atoms with Crippen molar-refractivity contribution in [3.05, 3.63) is 59.2 Å². The van der Waals surface area contributed by atoms with Crippen LogP contribution in [-0.4, -0.2) is 34.9 Å². The number of benzene rings is 2. The monoisotopic (exact) mass is 395 g/mol. The molecule has 0 radical (unpaired) electrons.